The number of nitriles is 2. The van der Waals surface area contributed by atoms with Crippen LogP contribution in [0.15, 0.2) is 69.2 Å². The van der Waals surface area contributed by atoms with Crippen molar-refractivity contribution in [3.8, 4) is 12.1 Å². The van der Waals surface area contributed by atoms with E-state index in [2.05, 4.69) is 52.6 Å². The standard InChI is InChI=1S/C29H34N10/c30-17-22-9-1-3-11-24(22)32-34-38-20-36(26-13-5-7-15-28(26)38)19-37-21-39(29-16-8-6-14-27(29)37)35-33-25-12-4-2-10-23(25)18-31/h1-4,9-12,26-29H,5-8,13-16,19-21H2. The maximum Gasteiger partial charge on any atom is 0.105 e. The molecule has 2 aliphatic heterocycles. The SMILES string of the molecule is N#Cc1ccccc1N=NN1CN(CN2CN(N=Nc3ccccc3C#N)C3CCCCC32)C2CCCCC21. The zero-order chi connectivity index (χ0) is 26.6. The Bertz CT molecular complexity index is 1210. The van der Waals surface area contributed by atoms with Gasteiger partial charge in [0.1, 0.15) is 23.5 Å². The van der Waals surface area contributed by atoms with Gasteiger partial charge in [-0.3, -0.25) is 19.8 Å². The Morgan fingerprint density at radius 3 is 1.46 bits per heavy atom. The molecular weight excluding hydrogens is 488 g/mol. The van der Waals surface area contributed by atoms with Crippen molar-refractivity contribution in [2.75, 3.05) is 20.0 Å². The fourth-order valence-electron chi connectivity index (χ4n) is 6.77. The zero-order valence-electron chi connectivity index (χ0n) is 22.2. The Morgan fingerprint density at radius 1 is 0.615 bits per heavy atom. The third-order valence-electron chi connectivity index (χ3n) is 8.69. The van der Waals surface area contributed by atoms with Crippen LogP contribution in [-0.2, 0) is 0 Å². The molecule has 4 fully saturated rings. The van der Waals surface area contributed by atoms with Crippen molar-refractivity contribution in [2.24, 2.45) is 20.7 Å². The highest BCUT2D eigenvalue weighted by Crippen LogP contribution is 2.37. The first-order valence-corrected chi connectivity index (χ1v) is 14.1. The summed E-state index contributed by atoms with van der Waals surface area (Å²) in [4.78, 5) is 5.13. The first-order chi connectivity index (χ1) is 19.2. The van der Waals surface area contributed by atoms with Gasteiger partial charge in [-0.15, -0.1) is 10.2 Å². The molecule has 4 atom stereocenters. The molecule has 10 nitrogen and oxygen atoms in total. The quantitative estimate of drug-likeness (QED) is 0.440. The van der Waals surface area contributed by atoms with Crippen LogP contribution in [0.3, 0.4) is 0 Å². The van der Waals surface area contributed by atoms with E-state index in [4.69, 9.17) is 0 Å². The highest BCUT2D eigenvalue weighted by Gasteiger charge is 2.46. The van der Waals surface area contributed by atoms with Crippen LogP contribution < -0.4 is 0 Å². The third-order valence-corrected chi connectivity index (χ3v) is 8.69. The van der Waals surface area contributed by atoms with Gasteiger partial charge in [-0.05, 0) is 49.9 Å². The van der Waals surface area contributed by atoms with Crippen LogP contribution in [0.1, 0.15) is 62.5 Å². The number of rotatable bonds is 6. The lowest BCUT2D eigenvalue weighted by Gasteiger charge is -2.35. The molecule has 0 spiro atoms. The average Bonchev–Trinajstić information content (AvgIpc) is 3.53. The van der Waals surface area contributed by atoms with Gasteiger partial charge in [-0.2, -0.15) is 10.5 Å². The molecule has 2 aliphatic carbocycles. The Kier molecular flexibility index (Phi) is 7.49. The van der Waals surface area contributed by atoms with E-state index in [1.165, 1.54) is 38.5 Å². The fourth-order valence-corrected chi connectivity index (χ4v) is 6.77. The molecule has 2 saturated carbocycles. The van der Waals surface area contributed by atoms with E-state index in [0.29, 0.717) is 46.7 Å². The molecule has 2 aromatic carbocycles. The van der Waals surface area contributed by atoms with Crippen molar-refractivity contribution in [1.82, 2.24) is 19.8 Å². The van der Waals surface area contributed by atoms with Crippen LogP contribution in [0.2, 0.25) is 0 Å². The number of benzene rings is 2. The first-order valence-electron chi connectivity index (χ1n) is 14.1. The Balaban J connectivity index is 1.18. The molecule has 0 N–H and O–H groups in total. The van der Waals surface area contributed by atoms with Crippen LogP contribution >= 0.6 is 0 Å². The van der Waals surface area contributed by atoms with Crippen molar-refractivity contribution in [2.45, 2.75) is 75.5 Å². The van der Waals surface area contributed by atoms with Gasteiger partial charge in [0.05, 0.1) is 43.2 Å². The molecule has 2 heterocycles. The van der Waals surface area contributed by atoms with Crippen LogP contribution in [-0.4, -0.2) is 64.0 Å². The van der Waals surface area contributed by atoms with Crippen LogP contribution in [0.4, 0.5) is 11.4 Å². The Morgan fingerprint density at radius 2 is 1.03 bits per heavy atom. The minimum atomic E-state index is 0.347. The zero-order valence-corrected chi connectivity index (χ0v) is 22.2. The van der Waals surface area contributed by atoms with E-state index < -0.39 is 0 Å². The van der Waals surface area contributed by atoms with Crippen molar-refractivity contribution >= 4 is 11.4 Å². The van der Waals surface area contributed by atoms with E-state index in [1.54, 1.807) is 12.1 Å². The average molecular weight is 523 g/mol. The van der Waals surface area contributed by atoms with E-state index >= 15 is 0 Å². The Labute approximate surface area is 229 Å². The van der Waals surface area contributed by atoms with Crippen LogP contribution in [0.5, 0.6) is 0 Å². The smallest absolute Gasteiger partial charge is 0.105 e. The van der Waals surface area contributed by atoms with Crippen molar-refractivity contribution in [1.29, 1.82) is 10.5 Å². The molecule has 6 rings (SSSR count). The normalized spacial score (nSPS) is 27.5. The molecule has 4 unspecified atom stereocenters. The molecule has 200 valence electrons. The van der Waals surface area contributed by atoms with Crippen LogP contribution in [0.25, 0.3) is 0 Å². The van der Waals surface area contributed by atoms with Gasteiger partial charge in [0.25, 0.3) is 0 Å². The fraction of sp³-hybridized carbons (Fsp3) is 0.517. The molecule has 0 aromatic heterocycles. The molecule has 0 bridgehead atoms. The highest BCUT2D eigenvalue weighted by molar-refractivity contribution is 5.52. The van der Waals surface area contributed by atoms with E-state index in [0.717, 1.165) is 32.8 Å². The molecule has 0 radical (unpaired) electrons. The summed E-state index contributed by atoms with van der Waals surface area (Å²) in [5, 5.41) is 41.5. The van der Waals surface area contributed by atoms with Gasteiger partial charge in [0.15, 0.2) is 0 Å². The summed E-state index contributed by atoms with van der Waals surface area (Å²) in [5.41, 5.74) is 2.33. The minimum Gasteiger partial charge on any atom is -0.266 e. The summed E-state index contributed by atoms with van der Waals surface area (Å²) >= 11 is 0. The van der Waals surface area contributed by atoms with Gasteiger partial charge >= 0.3 is 0 Å². The lowest BCUT2D eigenvalue weighted by molar-refractivity contribution is 0.0801. The first kappa shape index (κ1) is 25.4. The molecular formula is C29H34N10. The van der Waals surface area contributed by atoms with Crippen molar-refractivity contribution in [3.63, 3.8) is 0 Å². The Hall–Kier alpha value is -3.86. The monoisotopic (exact) mass is 522 g/mol. The van der Waals surface area contributed by atoms with E-state index in [1.807, 2.05) is 36.4 Å². The summed E-state index contributed by atoms with van der Waals surface area (Å²) in [6.45, 7) is 2.33. The van der Waals surface area contributed by atoms with Gasteiger partial charge in [-0.25, -0.2) is 0 Å². The third kappa shape index (κ3) is 5.23. The van der Waals surface area contributed by atoms with Crippen molar-refractivity contribution in [3.05, 3.63) is 59.7 Å². The summed E-state index contributed by atoms with van der Waals surface area (Å²) in [6, 6.07) is 20.8. The molecule has 4 aliphatic rings. The predicted molar refractivity (Wildman–Crippen MR) is 145 cm³/mol. The molecule has 39 heavy (non-hydrogen) atoms. The molecule has 2 saturated heterocycles. The summed E-state index contributed by atoms with van der Waals surface area (Å²) in [7, 11) is 0. The molecule has 0 amide bonds. The lowest BCUT2D eigenvalue weighted by atomic mass is 9.90. The topological polar surface area (TPSA) is 110 Å². The number of fused-ring (bicyclic) bond motifs is 2. The molecule has 2 aromatic rings. The maximum absolute atomic E-state index is 9.43. The van der Waals surface area contributed by atoms with Crippen LogP contribution in [0, 0.1) is 22.7 Å². The second-order valence-corrected chi connectivity index (χ2v) is 11.0. The van der Waals surface area contributed by atoms with E-state index in [-0.39, 0.29) is 0 Å². The van der Waals surface area contributed by atoms with Gasteiger partial charge in [-0.1, -0.05) is 60.4 Å². The minimum absolute atomic E-state index is 0.347. The number of hydrogen-bond acceptors (Lipinski definition) is 8. The highest BCUT2D eigenvalue weighted by atomic mass is 15.7. The summed E-state index contributed by atoms with van der Waals surface area (Å²) in [6.07, 6.45) is 9.47. The second kappa shape index (κ2) is 11.5. The summed E-state index contributed by atoms with van der Waals surface area (Å²) in [5.74, 6) is 0. The molecule has 10 heteroatoms. The maximum atomic E-state index is 9.43. The van der Waals surface area contributed by atoms with Gasteiger partial charge in [0.2, 0.25) is 0 Å². The largest absolute Gasteiger partial charge is 0.266 e. The van der Waals surface area contributed by atoms with Crippen molar-refractivity contribution < 1.29 is 0 Å². The number of hydrogen-bond donors (Lipinski definition) is 0. The van der Waals surface area contributed by atoms with Gasteiger partial charge < -0.3 is 0 Å². The summed E-state index contributed by atoms with van der Waals surface area (Å²) < 4.78 is 0. The van der Waals surface area contributed by atoms with E-state index in [9.17, 15) is 10.5 Å². The van der Waals surface area contributed by atoms with Gasteiger partial charge in [0, 0.05) is 12.1 Å². The second-order valence-electron chi connectivity index (χ2n) is 11.0. The lowest BCUT2D eigenvalue weighted by Crippen LogP contribution is -2.47. The number of nitrogens with zero attached hydrogens (tertiary/aromatic N) is 10. The predicted octanol–water partition coefficient (Wildman–Crippen LogP) is 5.86.